The number of aliphatic carboxylic acids is 1. The third-order valence-corrected chi connectivity index (χ3v) is 3.32. The van der Waals surface area contributed by atoms with Gasteiger partial charge in [-0.25, -0.2) is 9.59 Å². The van der Waals surface area contributed by atoms with E-state index in [1.807, 2.05) is 0 Å². The second kappa shape index (κ2) is 6.33. The minimum Gasteiger partial charge on any atom is -0.480 e. The molecule has 1 aromatic rings. The molecule has 0 aliphatic carbocycles. The predicted molar refractivity (Wildman–Crippen MR) is 74.7 cm³/mol. The van der Waals surface area contributed by atoms with Gasteiger partial charge in [0, 0.05) is 23.7 Å². The number of nitro benzene ring substituents is 1. The molecule has 0 bridgehead atoms. The number of nitrogens with zero attached hydrogens (tertiary/aromatic N) is 2. The highest BCUT2D eigenvalue weighted by Gasteiger charge is 2.22. The van der Waals surface area contributed by atoms with Crippen molar-refractivity contribution in [1.29, 1.82) is 0 Å². The van der Waals surface area contributed by atoms with Crippen LogP contribution in [0.25, 0.3) is 0 Å². The predicted octanol–water partition coefficient (Wildman–Crippen LogP) is 2.29. The van der Waals surface area contributed by atoms with E-state index in [2.05, 4.69) is 21.2 Å². The molecule has 0 aliphatic heterocycles. The highest BCUT2D eigenvalue weighted by atomic mass is 79.9. The van der Waals surface area contributed by atoms with Crippen LogP contribution in [0, 0.1) is 10.1 Å². The molecule has 0 saturated heterocycles. The third kappa shape index (κ3) is 3.67. The fourth-order valence-corrected chi connectivity index (χ4v) is 1.73. The van der Waals surface area contributed by atoms with E-state index in [0.29, 0.717) is 10.2 Å². The van der Waals surface area contributed by atoms with Crippen molar-refractivity contribution < 1.29 is 19.6 Å². The molecule has 0 saturated carbocycles. The number of carbonyl (C=O) groups is 2. The third-order valence-electron chi connectivity index (χ3n) is 2.66. The number of carboxylic acids is 1. The van der Waals surface area contributed by atoms with Crippen LogP contribution in [0.1, 0.15) is 6.92 Å². The lowest BCUT2D eigenvalue weighted by Crippen LogP contribution is -2.42. The second-order valence-electron chi connectivity index (χ2n) is 3.98. The number of anilines is 1. The number of carbonyl (C=O) groups excluding carboxylic acids is 1. The number of non-ortho nitro benzene ring substituents is 1. The molecule has 0 radical (unpaired) electrons. The van der Waals surface area contributed by atoms with Gasteiger partial charge in [0.1, 0.15) is 6.04 Å². The van der Waals surface area contributed by atoms with Crippen LogP contribution in [0.5, 0.6) is 0 Å². The molecule has 2 amide bonds. The highest BCUT2D eigenvalue weighted by Crippen LogP contribution is 2.27. The number of likely N-dealkylation sites (N-methyl/N-ethyl adjacent to an activating group) is 1. The number of urea groups is 1. The Labute approximate surface area is 122 Å². The van der Waals surface area contributed by atoms with Gasteiger partial charge in [0.05, 0.1) is 10.6 Å². The van der Waals surface area contributed by atoms with Crippen LogP contribution in [0.15, 0.2) is 22.7 Å². The molecular formula is C11H12BrN3O5. The van der Waals surface area contributed by atoms with E-state index >= 15 is 0 Å². The zero-order chi connectivity index (χ0) is 15.4. The highest BCUT2D eigenvalue weighted by molar-refractivity contribution is 9.10. The topological polar surface area (TPSA) is 113 Å². The Kier molecular flexibility index (Phi) is 5.03. The molecule has 20 heavy (non-hydrogen) atoms. The van der Waals surface area contributed by atoms with Crippen molar-refractivity contribution in [2.24, 2.45) is 0 Å². The molecule has 1 atom stereocenters. The van der Waals surface area contributed by atoms with Crippen LogP contribution >= 0.6 is 15.9 Å². The lowest BCUT2D eigenvalue weighted by molar-refractivity contribution is -0.384. The summed E-state index contributed by atoms with van der Waals surface area (Å²) in [5, 5.41) is 21.9. The van der Waals surface area contributed by atoms with Crippen LogP contribution < -0.4 is 5.32 Å². The smallest absolute Gasteiger partial charge is 0.326 e. The molecule has 2 N–H and O–H groups in total. The van der Waals surface area contributed by atoms with Gasteiger partial charge in [0.25, 0.3) is 5.69 Å². The molecule has 1 aromatic carbocycles. The molecule has 1 rings (SSSR count). The van der Waals surface area contributed by atoms with Gasteiger partial charge in [-0.1, -0.05) is 0 Å². The number of benzene rings is 1. The van der Waals surface area contributed by atoms with Gasteiger partial charge in [0.2, 0.25) is 0 Å². The Hall–Kier alpha value is -2.16. The van der Waals surface area contributed by atoms with E-state index in [0.717, 1.165) is 4.90 Å². The first-order valence-corrected chi connectivity index (χ1v) is 6.24. The van der Waals surface area contributed by atoms with Crippen molar-refractivity contribution in [2.45, 2.75) is 13.0 Å². The molecule has 0 fully saturated rings. The van der Waals surface area contributed by atoms with Crippen LogP contribution in [0.4, 0.5) is 16.2 Å². The van der Waals surface area contributed by atoms with Gasteiger partial charge < -0.3 is 15.3 Å². The van der Waals surface area contributed by atoms with Gasteiger partial charge in [0.15, 0.2) is 0 Å². The largest absolute Gasteiger partial charge is 0.480 e. The fourth-order valence-electron chi connectivity index (χ4n) is 1.26. The monoisotopic (exact) mass is 345 g/mol. The summed E-state index contributed by atoms with van der Waals surface area (Å²) >= 11 is 3.11. The number of carboxylic acid groups (broad SMARTS) is 1. The number of halogens is 1. The zero-order valence-electron chi connectivity index (χ0n) is 10.7. The molecule has 0 aliphatic rings. The van der Waals surface area contributed by atoms with Gasteiger partial charge in [-0.3, -0.25) is 10.1 Å². The summed E-state index contributed by atoms with van der Waals surface area (Å²) < 4.78 is 0.330. The molecule has 8 nitrogen and oxygen atoms in total. The maximum atomic E-state index is 11.8. The van der Waals surface area contributed by atoms with Crippen LogP contribution in [-0.4, -0.2) is 40.0 Å². The average Bonchev–Trinajstić information content (AvgIpc) is 2.38. The van der Waals surface area contributed by atoms with Gasteiger partial charge in [-0.2, -0.15) is 0 Å². The number of rotatable bonds is 4. The summed E-state index contributed by atoms with van der Waals surface area (Å²) in [4.78, 5) is 33.6. The fraction of sp³-hybridized carbons (Fsp3) is 0.273. The summed E-state index contributed by atoms with van der Waals surface area (Å²) in [5.41, 5.74) is 0.187. The van der Waals surface area contributed by atoms with Gasteiger partial charge in [-0.05, 0) is 28.9 Å². The second-order valence-corrected chi connectivity index (χ2v) is 4.83. The zero-order valence-corrected chi connectivity index (χ0v) is 12.2. The number of hydrogen-bond acceptors (Lipinski definition) is 4. The van der Waals surface area contributed by atoms with Crippen molar-refractivity contribution in [1.82, 2.24) is 4.90 Å². The van der Waals surface area contributed by atoms with E-state index in [-0.39, 0.29) is 5.69 Å². The summed E-state index contributed by atoms with van der Waals surface area (Å²) in [6.07, 6.45) is 0. The van der Waals surface area contributed by atoms with Crippen LogP contribution in [-0.2, 0) is 4.79 Å². The van der Waals surface area contributed by atoms with Crippen LogP contribution in [0.3, 0.4) is 0 Å². The van der Waals surface area contributed by atoms with E-state index in [4.69, 9.17) is 5.11 Å². The van der Waals surface area contributed by atoms with Gasteiger partial charge in [-0.15, -0.1) is 0 Å². The van der Waals surface area contributed by atoms with Crippen LogP contribution in [0.2, 0.25) is 0 Å². The Bertz CT molecular complexity index is 563. The van der Waals surface area contributed by atoms with E-state index in [9.17, 15) is 19.7 Å². The van der Waals surface area contributed by atoms with Crippen molar-refractivity contribution in [3.8, 4) is 0 Å². The minimum absolute atomic E-state index is 0.123. The van der Waals surface area contributed by atoms with E-state index in [1.54, 1.807) is 0 Å². The summed E-state index contributed by atoms with van der Waals surface area (Å²) in [6.45, 7) is 1.37. The summed E-state index contributed by atoms with van der Waals surface area (Å²) in [7, 11) is 1.34. The molecule has 9 heteroatoms. The number of hydrogen-bond donors (Lipinski definition) is 2. The average molecular weight is 346 g/mol. The van der Waals surface area contributed by atoms with Crippen molar-refractivity contribution in [3.63, 3.8) is 0 Å². The first-order chi connectivity index (χ1) is 9.23. The molecule has 0 aromatic heterocycles. The first kappa shape index (κ1) is 15.9. The SMILES string of the molecule is CC(C(=O)O)N(C)C(=O)Nc1ccc([N+](=O)[O-])cc1Br. The standard InChI is InChI=1S/C11H12BrN3O5/c1-6(10(16)17)14(2)11(18)13-9-4-3-7(15(19)20)5-8(9)12/h3-6H,1-2H3,(H,13,18)(H,16,17). The van der Waals surface area contributed by atoms with Crippen molar-refractivity contribution in [2.75, 3.05) is 12.4 Å². The Morgan fingerprint density at radius 1 is 1.50 bits per heavy atom. The van der Waals surface area contributed by atoms with E-state index in [1.165, 1.54) is 32.2 Å². The van der Waals surface area contributed by atoms with Gasteiger partial charge >= 0.3 is 12.0 Å². The molecule has 0 heterocycles. The molecule has 1 unspecified atom stereocenters. The number of nitrogens with one attached hydrogen (secondary N) is 1. The Balaban J connectivity index is 2.86. The maximum absolute atomic E-state index is 11.8. The minimum atomic E-state index is -1.13. The summed E-state index contributed by atoms with van der Waals surface area (Å²) in [5.74, 6) is -1.13. The lowest BCUT2D eigenvalue weighted by Gasteiger charge is -2.22. The first-order valence-electron chi connectivity index (χ1n) is 5.44. The van der Waals surface area contributed by atoms with E-state index < -0.39 is 23.0 Å². The Morgan fingerprint density at radius 2 is 2.10 bits per heavy atom. The number of nitro groups is 1. The normalized spacial score (nSPS) is 11.6. The Morgan fingerprint density at radius 3 is 2.55 bits per heavy atom. The molecular weight excluding hydrogens is 334 g/mol. The van der Waals surface area contributed by atoms with Crippen molar-refractivity contribution >= 4 is 39.3 Å². The molecule has 108 valence electrons. The molecule has 0 spiro atoms. The summed E-state index contributed by atoms with van der Waals surface area (Å²) in [6, 6.07) is 2.22. The lowest BCUT2D eigenvalue weighted by atomic mass is 10.3. The quantitative estimate of drug-likeness (QED) is 0.642. The van der Waals surface area contributed by atoms with Crippen molar-refractivity contribution in [3.05, 3.63) is 32.8 Å². The number of amides is 2. The maximum Gasteiger partial charge on any atom is 0.326 e.